The van der Waals surface area contributed by atoms with Gasteiger partial charge in [-0.25, -0.2) is 0 Å². The number of aromatic nitrogens is 2. The summed E-state index contributed by atoms with van der Waals surface area (Å²) in [5, 5.41) is 7.53. The maximum atomic E-state index is 4.16. The number of aryl methyl sites for hydroxylation is 1. The van der Waals surface area contributed by atoms with E-state index in [1.165, 1.54) is 4.90 Å². The van der Waals surface area contributed by atoms with E-state index in [-0.39, 0.29) is 0 Å². The van der Waals surface area contributed by atoms with Crippen LogP contribution >= 0.6 is 11.8 Å². The van der Waals surface area contributed by atoms with E-state index in [0.29, 0.717) is 11.5 Å². The zero-order chi connectivity index (χ0) is 11.5. The number of nitrogens with one attached hydrogen (secondary N) is 1. The summed E-state index contributed by atoms with van der Waals surface area (Å²) in [7, 11) is 3.98. The Morgan fingerprint density at radius 3 is 2.60 bits per heavy atom. The summed E-state index contributed by atoms with van der Waals surface area (Å²) in [6.45, 7) is 6.79. The van der Waals surface area contributed by atoms with Gasteiger partial charge in [0.05, 0.1) is 6.20 Å². The maximum Gasteiger partial charge on any atom is 0.0625 e. The van der Waals surface area contributed by atoms with Crippen LogP contribution in [-0.4, -0.2) is 28.6 Å². The number of hydrogen-bond donors (Lipinski definition) is 1. The summed E-state index contributed by atoms with van der Waals surface area (Å²) in [6.07, 6.45) is 3.97. The van der Waals surface area contributed by atoms with Gasteiger partial charge < -0.3 is 5.32 Å². The lowest BCUT2D eigenvalue weighted by molar-refractivity contribution is 0.305. The predicted molar refractivity (Wildman–Crippen MR) is 66.2 cm³/mol. The van der Waals surface area contributed by atoms with Gasteiger partial charge in [0.1, 0.15) is 0 Å². The number of thioether (sulfide) groups is 1. The minimum Gasteiger partial charge on any atom is -0.316 e. The molecule has 0 radical (unpaired) electrons. The smallest absolute Gasteiger partial charge is 0.0625 e. The van der Waals surface area contributed by atoms with Crippen molar-refractivity contribution in [3.8, 4) is 0 Å². The molecule has 1 aromatic rings. The Labute approximate surface area is 96.6 Å². The van der Waals surface area contributed by atoms with Crippen LogP contribution in [0.3, 0.4) is 0 Å². The SMILES string of the molecule is CNC(CSc1cnn(C)c1)C(C)(C)C. The first-order valence-corrected chi connectivity index (χ1v) is 6.20. The molecule has 86 valence electrons. The molecule has 1 unspecified atom stereocenters. The Bertz CT molecular complexity index is 301. The zero-order valence-electron chi connectivity index (χ0n) is 10.2. The van der Waals surface area contributed by atoms with Crippen molar-refractivity contribution in [2.45, 2.75) is 31.7 Å². The zero-order valence-corrected chi connectivity index (χ0v) is 11.1. The Morgan fingerprint density at radius 1 is 1.53 bits per heavy atom. The van der Waals surface area contributed by atoms with Crippen LogP contribution in [0.1, 0.15) is 20.8 Å². The molecule has 0 saturated heterocycles. The molecule has 0 saturated carbocycles. The summed E-state index contributed by atoms with van der Waals surface area (Å²) in [5.74, 6) is 1.08. The molecule has 1 atom stereocenters. The van der Waals surface area contributed by atoms with Crippen LogP contribution in [-0.2, 0) is 7.05 Å². The van der Waals surface area contributed by atoms with Gasteiger partial charge in [0.25, 0.3) is 0 Å². The molecule has 3 nitrogen and oxygen atoms in total. The van der Waals surface area contributed by atoms with Gasteiger partial charge in [-0.05, 0) is 12.5 Å². The third kappa shape index (κ3) is 3.87. The molecule has 0 spiro atoms. The lowest BCUT2D eigenvalue weighted by atomic mass is 9.88. The lowest BCUT2D eigenvalue weighted by Crippen LogP contribution is -2.39. The molecule has 0 aliphatic rings. The second-order valence-corrected chi connectivity index (χ2v) is 5.96. The fourth-order valence-corrected chi connectivity index (χ4v) is 2.79. The van der Waals surface area contributed by atoms with Crippen molar-refractivity contribution in [1.29, 1.82) is 0 Å². The van der Waals surface area contributed by atoms with Gasteiger partial charge in [-0.1, -0.05) is 20.8 Å². The van der Waals surface area contributed by atoms with Crippen LogP contribution in [0.25, 0.3) is 0 Å². The Morgan fingerprint density at radius 2 is 2.20 bits per heavy atom. The normalized spacial score (nSPS) is 14.2. The van der Waals surface area contributed by atoms with Gasteiger partial charge in [-0.15, -0.1) is 11.8 Å². The number of nitrogens with zero attached hydrogens (tertiary/aromatic N) is 2. The van der Waals surface area contributed by atoms with Crippen LogP contribution < -0.4 is 5.32 Å². The van der Waals surface area contributed by atoms with E-state index < -0.39 is 0 Å². The Hall–Kier alpha value is -0.480. The number of hydrogen-bond acceptors (Lipinski definition) is 3. The lowest BCUT2D eigenvalue weighted by Gasteiger charge is -2.29. The van der Waals surface area contributed by atoms with E-state index in [1.807, 2.05) is 36.7 Å². The molecule has 4 heteroatoms. The van der Waals surface area contributed by atoms with Crippen LogP contribution in [0.4, 0.5) is 0 Å². The van der Waals surface area contributed by atoms with Crippen molar-refractivity contribution >= 4 is 11.8 Å². The van der Waals surface area contributed by atoms with E-state index in [0.717, 1.165) is 5.75 Å². The number of rotatable bonds is 4. The highest BCUT2D eigenvalue weighted by Crippen LogP contribution is 2.25. The van der Waals surface area contributed by atoms with Gasteiger partial charge >= 0.3 is 0 Å². The van der Waals surface area contributed by atoms with Crippen molar-refractivity contribution in [2.24, 2.45) is 12.5 Å². The summed E-state index contributed by atoms with van der Waals surface area (Å²) < 4.78 is 1.84. The summed E-state index contributed by atoms with van der Waals surface area (Å²) in [4.78, 5) is 1.24. The first-order valence-electron chi connectivity index (χ1n) is 5.22. The maximum absolute atomic E-state index is 4.16. The Kier molecular flexibility index (Phi) is 4.22. The summed E-state index contributed by atoms with van der Waals surface area (Å²) in [6, 6.07) is 0.516. The molecule has 1 aromatic heterocycles. The van der Waals surface area contributed by atoms with Gasteiger partial charge in [-0.3, -0.25) is 4.68 Å². The second-order valence-electron chi connectivity index (χ2n) is 4.87. The fourth-order valence-electron chi connectivity index (χ4n) is 1.42. The molecule has 15 heavy (non-hydrogen) atoms. The first kappa shape index (κ1) is 12.6. The highest BCUT2D eigenvalue weighted by atomic mass is 32.2. The van der Waals surface area contributed by atoms with E-state index >= 15 is 0 Å². The molecule has 0 aliphatic heterocycles. The van der Waals surface area contributed by atoms with E-state index in [9.17, 15) is 0 Å². The fraction of sp³-hybridized carbons (Fsp3) is 0.727. The molecule has 0 amide bonds. The topological polar surface area (TPSA) is 29.9 Å². The van der Waals surface area contributed by atoms with Gasteiger partial charge in [0.2, 0.25) is 0 Å². The largest absolute Gasteiger partial charge is 0.316 e. The molecular weight excluding hydrogens is 206 g/mol. The molecule has 0 aromatic carbocycles. The van der Waals surface area contributed by atoms with Gasteiger partial charge in [0, 0.05) is 29.9 Å². The standard InChI is InChI=1S/C11H21N3S/c1-11(2,3)10(12-4)8-15-9-6-13-14(5)7-9/h6-7,10,12H,8H2,1-5H3. The van der Waals surface area contributed by atoms with Crippen molar-refractivity contribution in [2.75, 3.05) is 12.8 Å². The first-order chi connectivity index (χ1) is 6.93. The van der Waals surface area contributed by atoms with Crippen molar-refractivity contribution in [3.05, 3.63) is 12.4 Å². The van der Waals surface area contributed by atoms with E-state index in [1.54, 1.807) is 0 Å². The van der Waals surface area contributed by atoms with E-state index in [4.69, 9.17) is 0 Å². The average molecular weight is 227 g/mol. The van der Waals surface area contributed by atoms with Crippen LogP contribution in [0.5, 0.6) is 0 Å². The minimum absolute atomic E-state index is 0.296. The quantitative estimate of drug-likeness (QED) is 0.799. The van der Waals surface area contributed by atoms with Crippen molar-refractivity contribution in [3.63, 3.8) is 0 Å². The molecule has 0 bridgehead atoms. The predicted octanol–water partition coefficient (Wildman–Crippen LogP) is 2.15. The Balaban J connectivity index is 2.48. The third-order valence-corrected chi connectivity index (χ3v) is 3.54. The van der Waals surface area contributed by atoms with Crippen molar-refractivity contribution in [1.82, 2.24) is 15.1 Å². The monoisotopic (exact) mass is 227 g/mol. The second kappa shape index (κ2) is 5.03. The third-order valence-electron chi connectivity index (χ3n) is 2.49. The molecule has 0 fully saturated rings. The minimum atomic E-state index is 0.296. The summed E-state index contributed by atoms with van der Waals surface area (Å²) >= 11 is 1.85. The highest BCUT2D eigenvalue weighted by Gasteiger charge is 2.22. The van der Waals surface area contributed by atoms with Crippen LogP contribution in [0.2, 0.25) is 0 Å². The average Bonchev–Trinajstić information content (AvgIpc) is 2.50. The molecule has 1 rings (SSSR count). The highest BCUT2D eigenvalue weighted by molar-refractivity contribution is 7.99. The van der Waals surface area contributed by atoms with E-state index in [2.05, 4.69) is 37.4 Å². The van der Waals surface area contributed by atoms with Crippen LogP contribution in [0.15, 0.2) is 17.3 Å². The molecule has 1 N–H and O–H groups in total. The van der Waals surface area contributed by atoms with Gasteiger partial charge in [0.15, 0.2) is 0 Å². The van der Waals surface area contributed by atoms with Crippen LogP contribution in [0, 0.1) is 5.41 Å². The van der Waals surface area contributed by atoms with Gasteiger partial charge in [-0.2, -0.15) is 5.10 Å². The van der Waals surface area contributed by atoms with Crippen molar-refractivity contribution < 1.29 is 0 Å². The molecule has 0 aliphatic carbocycles. The molecule has 1 heterocycles. The molecular formula is C11H21N3S. The summed E-state index contributed by atoms with van der Waals surface area (Å²) in [5.41, 5.74) is 0.296.